The highest BCUT2D eigenvalue weighted by Gasteiger charge is 2.46. The number of aliphatic hydroxyl groups excluding tert-OH is 1. The fourth-order valence-corrected chi connectivity index (χ4v) is 3.92. The maximum atomic E-state index is 13.1. The van der Waals surface area contributed by atoms with Gasteiger partial charge in [0, 0.05) is 19.2 Å². The molecule has 1 aliphatic rings. The normalized spacial score (nSPS) is 17.2. The molecule has 8 heteroatoms. The fourth-order valence-electron chi connectivity index (χ4n) is 3.92. The van der Waals surface area contributed by atoms with Crippen LogP contribution in [-0.4, -0.2) is 61.8 Å². The van der Waals surface area contributed by atoms with Crippen molar-refractivity contribution in [2.75, 3.05) is 40.1 Å². The predicted octanol–water partition coefficient (Wildman–Crippen LogP) is 3.95. The van der Waals surface area contributed by atoms with E-state index in [4.69, 9.17) is 18.9 Å². The molecule has 1 atom stereocenters. The van der Waals surface area contributed by atoms with Gasteiger partial charge in [-0.15, -0.1) is 0 Å². The average Bonchev–Trinajstić information content (AvgIpc) is 3.09. The summed E-state index contributed by atoms with van der Waals surface area (Å²) in [6, 6.07) is 11.2. The first-order valence-electron chi connectivity index (χ1n) is 11.4. The van der Waals surface area contributed by atoms with Gasteiger partial charge in [0.05, 0.1) is 38.0 Å². The summed E-state index contributed by atoms with van der Waals surface area (Å²) in [5, 5.41) is 11.2. The Hall–Kier alpha value is -3.52. The van der Waals surface area contributed by atoms with Crippen LogP contribution in [0.15, 0.2) is 48.0 Å². The third-order valence-corrected chi connectivity index (χ3v) is 5.40. The molecule has 0 bridgehead atoms. The summed E-state index contributed by atoms with van der Waals surface area (Å²) in [5.41, 5.74) is 1.04. The number of hydrogen-bond acceptors (Lipinski definition) is 7. The van der Waals surface area contributed by atoms with Crippen molar-refractivity contribution < 1.29 is 33.6 Å². The molecule has 0 aliphatic carbocycles. The van der Waals surface area contributed by atoms with E-state index < -0.39 is 17.7 Å². The van der Waals surface area contributed by atoms with E-state index in [0.717, 1.165) is 0 Å². The van der Waals surface area contributed by atoms with Crippen LogP contribution in [0.3, 0.4) is 0 Å². The lowest BCUT2D eigenvalue weighted by Gasteiger charge is -2.26. The molecule has 2 aromatic carbocycles. The Kier molecular flexibility index (Phi) is 8.54. The molecular weight excluding hydrogens is 438 g/mol. The number of amides is 1. The maximum absolute atomic E-state index is 13.1. The number of methoxy groups -OCH3 is 1. The molecule has 0 saturated carbocycles. The Morgan fingerprint density at radius 1 is 0.912 bits per heavy atom. The second kappa shape index (κ2) is 11.6. The van der Waals surface area contributed by atoms with Crippen molar-refractivity contribution in [2.45, 2.75) is 26.8 Å². The highest BCUT2D eigenvalue weighted by molar-refractivity contribution is 6.46. The third-order valence-electron chi connectivity index (χ3n) is 5.40. The van der Waals surface area contributed by atoms with Crippen molar-refractivity contribution in [1.29, 1.82) is 0 Å². The van der Waals surface area contributed by atoms with Crippen LogP contribution in [0.4, 0.5) is 0 Å². The summed E-state index contributed by atoms with van der Waals surface area (Å²) in [6.07, 6.45) is 0. The smallest absolute Gasteiger partial charge is 0.295 e. The van der Waals surface area contributed by atoms with Crippen molar-refractivity contribution in [2.24, 2.45) is 0 Å². The summed E-state index contributed by atoms with van der Waals surface area (Å²) >= 11 is 0. The lowest BCUT2D eigenvalue weighted by molar-refractivity contribution is -0.140. The molecule has 0 radical (unpaired) electrons. The lowest BCUT2D eigenvalue weighted by Crippen LogP contribution is -2.32. The Morgan fingerprint density at radius 3 is 2.18 bits per heavy atom. The van der Waals surface area contributed by atoms with Crippen molar-refractivity contribution in [1.82, 2.24) is 4.90 Å². The molecule has 3 rings (SSSR count). The first-order chi connectivity index (χ1) is 16.5. The van der Waals surface area contributed by atoms with Gasteiger partial charge in [0.15, 0.2) is 11.5 Å². The van der Waals surface area contributed by atoms with Crippen molar-refractivity contribution in [3.8, 4) is 17.2 Å². The second-order valence-corrected chi connectivity index (χ2v) is 7.51. The van der Waals surface area contributed by atoms with Crippen LogP contribution in [0.25, 0.3) is 5.76 Å². The van der Waals surface area contributed by atoms with E-state index in [0.29, 0.717) is 48.2 Å². The Morgan fingerprint density at radius 2 is 1.56 bits per heavy atom. The van der Waals surface area contributed by atoms with Crippen LogP contribution in [0.1, 0.15) is 37.9 Å². The molecule has 8 nitrogen and oxygen atoms in total. The Bertz CT molecular complexity index is 1050. The SMILES string of the molecule is CCOc1ccc(C(O)=C2C(=O)C(=O)N(CCOC)C2c2ccc(OCC)c(OCC)c2)cc1. The van der Waals surface area contributed by atoms with Crippen LogP contribution in [0, 0.1) is 0 Å². The Labute approximate surface area is 199 Å². The van der Waals surface area contributed by atoms with Crippen molar-refractivity contribution in [3.05, 3.63) is 59.2 Å². The highest BCUT2D eigenvalue weighted by atomic mass is 16.5. The standard InChI is InChI=1S/C26H31NO7/c1-5-32-19-11-8-17(9-12-19)24(28)22-23(27(14-15-31-4)26(30)25(22)29)18-10-13-20(33-6-2)21(16-18)34-7-3/h8-13,16,23,28H,5-7,14-15H2,1-4H3. The van der Waals surface area contributed by atoms with E-state index in [1.165, 1.54) is 12.0 Å². The molecule has 0 aromatic heterocycles. The fraction of sp³-hybridized carbons (Fsp3) is 0.385. The molecule has 34 heavy (non-hydrogen) atoms. The van der Waals surface area contributed by atoms with Crippen molar-refractivity contribution in [3.63, 3.8) is 0 Å². The van der Waals surface area contributed by atoms with Gasteiger partial charge in [-0.25, -0.2) is 0 Å². The number of carbonyl (C=O) groups excluding carboxylic acids is 2. The average molecular weight is 470 g/mol. The number of ether oxygens (including phenoxy) is 4. The van der Waals surface area contributed by atoms with Crippen LogP contribution in [0.5, 0.6) is 17.2 Å². The summed E-state index contributed by atoms with van der Waals surface area (Å²) in [6.45, 7) is 7.42. The molecule has 1 amide bonds. The van der Waals surface area contributed by atoms with Crippen molar-refractivity contribution >= 4 is 17.4 Å². The van der Waals surface area contributed by atoms with Crippen LogP contribution in [-0.2, 0) is 14.3 Å². The van der Waals surface area contributed by atoms with E-state index in [-0.39, 0.29) is 24.5 Å². The first-order valence-corrected chi connectivity index (χ1v) is 11.4. The molecule has 1 N–H and O–H groups in total. The lowest BCUT2D eigenvalue weighted by atomic mass is 9.95. The topological polar surface area (TPSA) is 94.5 Å². The number of rotatable bonds is 11. The van der Waals surface area contributed by atoms with Gasteiger partial charge in [-0.3, -0.25) is 9.59 Å². The zero-order chi connectivity index (χ0) is 24.7. The summed E-state index contributed by atoms with van der Waals surface area (Å²) < 4.78 is 22.0. The number of ketones is 1. The summed E-state index contributed by atoms with van der Waals surface area (Å²) in [4.78, 5) is 27.5. The zero-order valence-electron chi connectivity index (χ0n) is 20.0. The van der Waals surface area contributed by atoms with Gasteiger partial charge in [0.25, 0.3) is 11.7 Å². The van der Waals surface area contributed by atoms with Gasteiger partial charge in [-0.05, 0) is 62.7 Å². The largest absolute Gasteiger partial charge is 0.507 e. The van der Waals surface area contributed by atoms with E-state index in [1.807, 2.05) is 20.8 Å². The van der Waals surface area contributed by atoms with Gasteiger partial charge < -0.3 is 29.0 Å². The third kappa shape index (κ3) is 5.17. The maximum Gasteiger partial charge on any atom is 0.295 e. The molecule has 1 saturated heterocycles. The van der Waals surface area contributed by atoms with Gasteiger partial charge in [-0.1, -0.05) is 6.07 Å². The van der Waals surface area contributed by atoms with Gasteiger partial charge >= 0.3 is 0 Å². The van der Waals surface area contributed by atoms with Crippen LogP contribution >= 0.6 is 0 Å². The quantitative estimate of drug-likeness (QED) is 0.302. The molecule has 1 heterocycles. The molecule has 1 aliphatic heterocycles. The second-order valence-electron chi connectivity index (χ2n) is 7.51. The first kappa shape index (κ1) is 25.1. The molecular formula is C26H31NO7. The number of benzene rings is 2. The zero-order valence-corrected chi connectivity index (χ0v) is 20.0. The van der Waals surface area contributed by atoms with E-state index >= 15 is 0 Å². The van der Waals surface area contributed by atoms with Crippen LogP contribution in [0.2, 0.25) is 0 Å². The van der Waals surface area contributed by atoms with E-state index in [2.05, 4.69) is 0 Å². The number of carbonyl (C=O) groups is 2. The monoisotopic (exact) mass is 469 g/mol. The predicted molar refractivity (Wildman–Crippen MR) is 127 cm³/mol. The number of Topliss-reactive ketones (excluding diaryl/α,β-unsaturated/α-hetero) is 1. The van der Waals surface area contributed by atoms with E-state index in [9.17, 15) is 14.7 Å². The molecule has 2 aromatic rings. The summed E-state index contributed by atoms with van der Waals surface area (Å²) in [7, 11) is 1.52. The van der Waals surface area contributed by atoms with Gasteiger partial charge in [-0.2, -0.15) is 0 Å². The minimum atomic E-state index is -0.809. The highest BCUT2D eigenvalue weighted by Crippen LogP contribution is 2.42. The molecule has 182 valence electrons. The summed E-state index contributed by atoms with van der Waals surface area (Å²) in [5.74, 6) is 0.0107. The number of nitrogens with zero attached hydrogens (tertiary/aromatic N) is 1. The number of hydrogen-bond donors (Lipinski definition) is 1. The van der Waals surface area contributed by atoms with Crippen LogP contribution < -0.4 is 14.2 Å². The van der Waals surface area contributed by atoms with Gasteiger partial charge in [0.1, 0.15) is 11.5 Å². The minimum Gasteiger partial charge on any atom is -0.507 e. The van der Waals surface area contributed by atoms with E-state index in [1.54, 1.807) is 42.5 Å². The molecule has 0 spiro atoms. The minimum absolute atomic E-state index is 0.0110. The van der Waals surface area contributed by atoms with Gasteiger partial charge in [0.2, 0.25) is 0 Å². The molecule has 1 unspecified atom stereocenters. The molecule has 1 fully saturated rings. The number of likely N-dealkylation sites (tertiary alicyclic amines) is 1. The number of aliphatic hydroxyl groups is 1. The Balaban J connectivity index is 2.13.